The summed E-state index contributed by atoms with van der Waals surface area (Å²) in [6, 6.07) is 9.43. The molecule has 0 aliphatic heterocycles. The molecule has 0 saturated heterocycles. The standard InChI is InChI=1S/C9H12FN/c1-11-9(7-10)8-5-3-2-4-6-8/h2-6,9,11H,7H2,1H3. The number of benzene rings is 1. The first-order chi connectivity index (χ1) is 5.38. The summed E-state index contributed by atoms with van der Waals surface area (Å²) in [4.78, 5) is 0. The van der Waals surface area contributed by atoms with E-state index in [2.05, 4.69) is 5.32 Å². The number of nitrogens with one attached hydrogen (secondary N) is 1. The number of hydrogen-bond acceptors (Lipinski definition) is 1. The lowest BCUT2D eigenvalue weighted by molar-refractivity contribution is 0.400. The van der Waals surface area contributed by atoms with Crippen LogP contribution in [-0.2, 0) is 0 Å². The summed E-state index contributed by atoms with van der Waals surface area (Å²) in [5.41, 5.74) is 0.998. The van der Waals surface area contributed by atoms with Crippen molar-refractivity contribution in [3.8, 4) is 0 Å². The highest BCUT2D eigenvalue weighted by Crippen LogP contribution is 2.11. The third kappa shape index (κ3) is 2.02. The predicted molar refractivity (Wildman–Crippen MR) is 44.2 cm³/mol. The molecule has 1 rings (SSSR count). The zero-order chi connectivity index (χ0) is 8.10. The van der Waals surface area contributed by atoms with Gasteiger partial charge >= 0.3 is 0 Å². The van der Waals surface area contributed by atoms with Crippen LogP contribution in [0.1, 0.15) is 11.6 Å². The minimum Gasteiger partial charge on any atom is -0.311 e. The zero-order valence-corrected chi connectivity index (χ0v) is 6.55. The van der Waals surface area contributed by atoms with Crippen LogP contribution in [0.5, 0.6) is 0 Å². The second-order valence-electron chi connectivity index (χ2n) is 2.41. The molecule has 0 amide bonds. The molecule has 0 fully saturated rings. The highest BCUT2D eigenvalue weighted by Gasteiger charge is 2.05. The quantitative estimate of drug-likeness (QED) is 0.699. The largest absolute Gasteiger partial charge is 0.311 e. The van der Waals surface area contributed by atoms with E-state index in [1.165, 1.54) is 0 Å². The fraction of sp³-hybridized carbons (Fsp3) is 0.333. The Bertz CT molecular complexity index is 194. The normalized spacial score (nSPS) is 12.9. The van der Waals surface area contributed by atoms with E-state index in [1.54, 1.807) is 7.05 Å². The molecule has 1 aromatic rings. The average Bonchev–Trinajstić information content (AvgIpc) is 2.09. The Morgan fingerprint density at radius 1 is 1.36 bits per heavy atom. The van der Waals surface area contributed by atoms with Crippen molar-refractivity contribution in [1.82, 2.24) is 5.32 Å². The summed E-state index contributed by atoms with van der Waals surface area (Å²) in [6.07, 6.45) is 0. The fourth-order valence-electron chi connectivity index (χ4n) is 1.02. The van der Waals surface area contributed by atoms with Gasteiger partial charge in [0.15, 0.2) is 0 Å². The topological polar surface area (TPSA) is 12.0 Å². The smallest absolute Gasteiger partial charge is 0.109 e. The van der Waals surface area contributed by atoms with Gasteiger partial charge in [-0.2, -0.15) is 0 Å². The Labute approximate surface area is 66.2 Å². The van der Waals surface area contributed by atoms with Crippen LogP contribution in [0.3, 0.4) is 0 Å². The lowest BCUT2D eigenvalue weighted by Gasteiger charge is -2.11. The Morgan fingerprint density at radius 3 is 2.45 bits per heavy atom. The summed E-state index contributed by atoms with van der Waals surface area (Å²) < 4.78 is 12.3. The molecule has 1 nitrogen and oxygen atoms in total. The minimum absolute atomic E-state index is 0.156. The van der Waals surface area contributed by atoms with Gasteiger partial charge < -0.3 is 5.32 Å². The first-order valence-corrected chi connectivity index (χ1v) is 3.66. The van der Waals surface area contributed by atoms with Crippen LogP contribution in [0, 0.1) is 0 Å². The van der Waals surface area contributed by atoms with Crippen LogP contribution >= 0.6 is 0 Å². The summed E-state index contributed by atoms with van der Waals surface area (Å²) in [5, 5.41) is 2.89. The van der Waals surface area contributed by atoms with Gasteiger partial charge in [-0.25, -0.2) is 4.39 Å². The van der Waals surface area contributed by atoms with Gasteiger partial charge in [-0.1, -0.05) is 30.3 Å². The van der Waals surface area contributed by atoms with Crippen LogP contribution in [0.15, 0.2) is 30.3 Å². The van der Waals surface area contributed by atoms with Gasteiger partial charge in [0.1, 0.15) is 6.67 Å². The average molecular weight is 153 g/mol. The Balaban J connectivity index is 2.74. The van der Waals surface area contributed by atoms with E-state index in [9.17, 15) is 4.39 Å². The highest BCUT2D eigenvalue weighted by molar-refractivity contribution is 5.18. The third-order valence-corrected chi connectivity index (χ3v) is 1.70. The highest BCUT2D eigenvalue weighted by atomic mass is 19.1. The Hall–Kier alpha value is -0.890. The molecule has 0 spiro atoms. The number of hydrogen-bond donors (Lipinski definition) is 1. The van der Waals surface area contributed by atoms with Crippen molar-refractivity contribution in [3.63, 3.8) is 0 Å². The van der Waals surface area contributed by atoms with E-state index in [0.29, 0.717) is 0 Å². The molecule has 1 atom stereocenters. The van der Waals surface area contributed by atoms with Crippen LogP contribution in [-0.4, -0.2) is 13.7 Å². The lowest BCUT2D eigenvalue weighted by atomic mass is 10.1. The second kappa shape index (κ2) is 4.09. The van der Waals surface area contributed by atoms with Gasteiger partial charge in [-0.3, -0.25) is 0 Å². The molecule has 0 aromatic heterocycles. The molecule has 2 heteroatoms. The van der Waals surface area contributed by atoms with E-state index in [0.717, 1.165) is 5.56 Å². The predicted octanol–water partition coefficient (Wildman–Crippen LogP) is 1.92. The molecule has 1 unspecified atom stereocenters. The van der Waals surface area contributed by atoms with Crippen molar-refractivity contribution in [2.45, 2.75) is 6.04 Å². The third-order valence-electron chi connectivity index (χ3n) is 1.70. The first-order valence-electron chi connectivity index (χ1n) is 3.66. The minimum atomic E-state index is -0.361. The van der Waals surface area contributed by atoms with Crippen LogP contribution < -0.4 is 5.32 Å². The Morgan fingerprint density at radius 2 is 2.00 bits per heavy atom. The van der Waals surface area contributed by atoms with Gasteiger partial charge in [-0.15, -0.1) is 0 Å². The molecule has 1 N–H and O–H groups in total. The van der Waals surface area contributed by atoms with Crippen molar-refractivity contribution in [2.75, 3.05) is 13.7 Å². The van der Waals surface area contributed by atoms with Gasteiger partial charge in [-0.05, 0) is 12.6 Å². The number of halogens is 1. The summed E-state index contributed by atoms with van der Waals surface area (Å²) in [6.45, 7) is -0.361. The molecule has 0 aliphatic carbocycles. The maximum Gasteiger partial charge on any atom is 0.109 e. The van der Waals surface area contributed by atoms with Crippen LogP contribution in [0.4, 0.5) is 4.39 Å². The molecule has 11 heavy (non-hydrogen) atoms. The van der Waals surface area contributed by atoms with E-state index >= 15 is 0 Å². The second-order valence-corrected chi connectivity index (χ2v) is 2.41. The Kier molecular flexibility index (Phi) is 3.05. The van der Waals surface area contributed by atoms with Crippen LogP contribution in [0.25, 0.3) is 0 Å². The van der Waals surface area contributed by atoms with Crippen LogP contribution in [0.2, 0.25) is 0 Å². The van der Waals surface area contributed by atoms with Crippen molar-refractivity contribution in [3.05, 3.63) is 35.9 Å². The fourth-order valence-corrected chi connectivity index (χ4v) is 1.02. The van der Waals surface area contributed by atoms with Gasteiger partial charge in [0.2, 0.25) is 0 Å². The molecule has 0 heterocycles. The number of rotatable bonds is 3. The molecule has 0 aliphatic rings. The van der Waals surface area contributed by atoms with Crippen molar-refractivity contribution < 1.29 is 4.39 Å². The van der Waals surface area contributed by atoms with E-state index in [1.807, 2.05) is 30.3 Å². The van der Waals surface area contributed by atoms with Crippen molar-refractivity contribution >= 4 is 0 Å². The lowest BCUT2D eigenvalue weighted by Crippen LogP contribution is -2.17. The first kappa shape index (κ1) is 8.21. The molecule has 0 saturated carbocycles. The molecule has 0 radical (unpaired) electrons. The maximum atomic E-state index is 12.3. The summed E-state index contributed by atoms with van der Waals surface area (Å²) in [5.74, 6) is 0. The van der Waals surface area contributed by atoms with Gasteiger partial charge in [0.25, 0.3) is 0 Å². The SMILES string of the molecule is CNC(CF)c1ccccc1. The van der Waals surface area contributed by atoms with Crippen molar-refractivity contribution in [2.24, 2.45) is 0 Å². The molecular formula is C9H12FN. The summed E-state index contributed by atoms with van der Waals surface area (Å²) in [7, 11) is 1.76. The maximum absolute atomic E-state index is 12.3. The van der Waals surface area contributed by atoms with Gasteiger partial charge in [0, 0.05) is 0 Å². The molecule has 1 aromatic carbocycles. The molecular weight excluding hydrogens is 141 g/mol. The van der Waals surface area contributed by atoms with Crippen molar-refractivity contribution in [1.29, 1.82) is 0 Å². The van der Waals surface area contributed by atoms with Gasteiger partial charge in [0.05, 0.1) is 6.04 Å². The molecule has 0 bridgehead atoms. The zero-order valence-electron chi connectivity index (χ0n) is 6.55. The summed E-state index contributed by atoms with van der Waals surface area (Å²) >= 11 is 0. The van der Waals surface area contributed by atoms with E-state index < -0.39 is 0 Å². The van der Waals surface area contributed by atoms with E-state index in [-0.39, 0.29) is 12.7 Å². The number of alkyl halides is 1. The van der Waals surface area contributed by atoms with E-state index in [4.69, 9.17) is 0 Å². The molecule has 60 valence electrons. The monoisotopic (exact) mass is 153 g/mol.